The second kappa shape index (κ2) is 14.2. The Labute approximate surface area is 235 Å². The summed E-state index contributed by atoms with van der Waals surface area (Å²) < 4.78 is 16.0. The summed E-state index contributed by atoms with van der Waals surface area (Å²) in [7, 11) is 3.16. The molecule has 0 aliphatic carbocycles. The Morgan fingerprint density at radius 1 is 0.850 bits per heavy atom. The zero-order chi connectivity index (χ0) is 28.3. The van der Waals surface area contributed by atoms with Crippen LogP contribution in [-0.2, 0) is 22.5 Å². The third-order valence-corrected chi connectivity index (χ3v) is 6.80. The van der Waals surface area contributed by atoms with Crippen LogP contribution in [0, 0.1) is 0 Å². The van der Waals surface area contributed by atoms with E-state index in [0.29, 0.717) is 50.6 Å². The largest absolute Gasteiger partial charge is 0.497 e. The van der Waals surface area contributed by atoms with E-state index in [1.54, 1.807) is 43.4 Å². The Morgan fingerprint density at radius 3 is 2.27 bits per heavy atom. The fraction of sp³-hybridized carbons (Fsp3) is 0.312. The number of rotatable bonds is 14. The lowest BCUT2D eigenvalue weighted by atomic mass is 10.1. The quantitative estimate of drug-likeness (QED) is 0.244. The van der Waals surface area contributed by atoms with E-state index >= 15 is 0 Å². The van der Waals surface area contributed by atoms with Crippen molar-refractivity contribution in [1.82, 2.24) is 14.8 Å². The lowest BCUT2D eigenvalue weighted by molar-refractivity contribution is -0.132. The summed E-state index contributed by atoms with van der Waals surface area (Å²) in [6, 6.07) is 22.8. The number of carbonyl (C=O) groups is 2. The summed E-state index contributed by atoms with van der Waals surface area (Å²) in [5.74, 6) is 1.09. The summed E-state index contributed by atoms with van der Waals surface area (Å²) in [6.07, 6.45) is 2.68. The molecule has 210 valence electrons. The van der Waals surface area contributed by atoms with Gasteiger partial charge in [0.25, 0.3) is 5.91 Å². The molecule has 40 heavy (non-hydrogen) atoms. The normalized spacial score (nSPS) is 10.9. The van der Waals surface area contributed by atoms with Crippen LogP contribution < -0.4 is 9.47 Å². The number of nitrogens with zero attached hydrogens (tertiary/aromatic N) is 2. The molecule has 0 aliphatic heterocycles. The van der Waals surface area contributed by atoms with Crippen LogP contribution in [0.1, 0.15) is 28.4 Å². The van der Waals surface area contributed by atoms with Crippen LogP contribution >= 0.6 is 0 Å². The van der Waals surface area contributed by atoms with Gasteiger partial charge in [-0.2, -0.15) is 0 Å². The molecule has 0 aliphatic rings. The Balaban J connectivity index is 1.53. The monoisotopic (exact) mass is 543 g/mol. The number of amides is 2. The second-order valence-electron chi connectivity index (χ2n) is 9.45. The van der Waals surface area contributed by atoms with Crippen molar-refractivity contribution in [2.24, 2.45) is 0 Å². The zero-order valence-corrected chi connectivity index (χ0v) is 23.4. The molecule has 4 aromatic rings. The molecule has 0 radical (unpaired) electrons. The molecule has 1 heterocycles. The zero-order valence-electron chi connectivity index (χ0n) is 23.4. The highest BCUT2D eigenvalue weighted by Crippen LogP contribution is 2.20. The summed E-state index contributed by atoms with van der Waals surface area (Å²) in [6.45, 7) is 4.02. The first kappa shape index (κ1) is 28.7. The molecule has 1 aromatic heterocycles. The van der Waals surface area contributed by atoms with Gasteiger partial charge in [0, 0.05) is 49.4 Å². The summed E-state index contributed by atoms with van der Waals surface area (Å²) in [5, 5.41) is 1.15. The molecular weight excluding hydrogens is 506 g/mol. The number of hydrogen-bond donors (Lipinski definition) is 1. The molecule has 3 aromatic carbocycles. The molecule has 4 rings (SSSR count). The van der Waals surface area contributed by atoms with E-state index in [2.05, 4.69) is 11.1 Å². The first-order chi connectivity index (χ1) is 19.5. The van der Waals surface area contributed by atoms with Crippen molar-refractivity contribution in [3.63, 3.8) is 0 Å². The van der Waals surface area contributed by atoms with Crippen molar-refractivity contribution in [2.75, 3.05) is 47.1 Å². The second-order valence-corrected chi connectivity index (χ2v) is 9.45. The van der Waals surface area contributed by atoms with Crippen molar-refractivity contribution in [1.29, 1.82) is 0 Å². The minimum atomic E-state index is -0.231. The number of H-pyrrole nitrogens is 1. The van der Waals surface area contributed by atoms with Crippen LogP contribution in [0.3, 0.4) is 0 Å². The molecule has 8 heteroatoms. The van der Waals surface area contributed by atoms with Crippen molar-refractivity contribution in [3.05, 3.63) is 95.7 Å². The van der Waals surface area contributed by atoms with E-state index in [1.165, 1.54) is 0 Å². The minimum Gasteiger partial charge on any atom is -0.497 e. The number of benzene rings is 3. The van der Waals surface area contributed by atoms with Crippen LogP contribution in [0.4, 0.5) is 0 Å². The van der Waals surface area contributed by atoms with Crippen LogP contribution in [0.5, 0.6) is 11.5 Å². The van der Waals surface area contributed by atoms with E-state index in [4.69, 9.17) is 14.2 Å². The SMILES string of the molecule is CCOc1ccc(CN(CCc2c[nH]c3ccccc23)C(=O)CN(CCOC)C(=O)c2ccc(OC)cc2)cc1. The predicted octanol–water partition coefficient (Wildman–Crippen LogP) is 4.94. The molecule has 0 saturated heterocycles. The first-order valence-electron chi connectivity index (χ1n) is 13.5. The molecule has 0 atom stereocenters. The molecule has 2 amide bonds. The van der Waals surface area contributed by atoms with E-state index in [1.807, 2.05) is 60.5 Å². The topological polar surface area (TPSA) is 84.1 Å². The molecule has 0 spiro atoms. The Morgan fingerprint density at radius 2 is 1.57 bits per heavy atom. The van der Waals surface area contributed by atoms with Gasteiger partial charge >= 0.3 is 0 Å². The Kier molecular flexibility index (Phi) is 10.2. The molecule has 1 N–H and O–H groups in total. The van der Waals surface area contributed by atoms with Gasteiger partial charge in [-0.1, -0.05) is 30.3 Å². The third kappa shape index (κ3) is 7.42. The van der Waals surface area contributed by atoms with Crippen LogP contribution in [-0.4, -0.2) is 73.7 Å². The van der Waals surface area contributed by atoms with E-state index in [0.717, 1.165) is 27.8 Å². The number of fused-ring (bicyclic) bond motifs is 1. The van der Waals surface area contributed by atoms with Crippen LogP contribution in [0.2, 0.25) is 0 Å². The standard InChI is InChI=1S/C32H37N3O5/c1-4-40-28-13-9-24(10-14-28)22-34(18-17-26-21-33-30-8-6-5-7-29(26)30)31(36)23-35(19-20-38-2)32(37)25-11-15-27(39-3)16-12-25/h5-16,21,33H,4,17-20,22-23H2,1-3H3. The van der Waals surface area contributed by atoms with Gasteiger partial charge < -0.3 is 29.0 Å². The van der Waals surface area contributed by atoms with E-state index < -0.39 is 0 Å². The van der Waals surface area contributed by atoms with Gasteiger partial charge in [0.1, 0.15) is 18.0 Å². The van der Waals surface area contributed by atoms with Gasteiger partial charge in [-0.3, -0.25) is 9.59 Å². The lowest BCUT2D eigenvalue weighted by Crippen LogP contribution is -2.44. The minimum absolute atomic E-state index is 0.0564. The van der Waals surface area contributed by atoms with Crippen molar-refractivity contribution in [3.8, 4) is 11.5 Å². The molecule has 8 nitrogen and oxygen atoms in total. The third-order valence-electron chi connectivity index (χ3n) is 6.80. The summed E-state index contributed by atoms with van der Waals surface area (Å²) >= 11 is 0. The van der Waals surface area contributed by atoms with Gasteiger partial charge in [-0.15, -0.1) is 0 Å². The van der Waals surface area contributed by atoms with Gasteiger partial charge in [0.05, 0.1) is 20.3 Å². The van der Waals surface area contributed by atoms with Crippen molar-refractivity contribution >= 4 is 22.7 Å². The fourth-order valence-electron chi connectivity index (χ4n) is 4.60. The van der Waals surface area contributed by atoms with Gasteiger partial charge in [0.15, 0.2) is 0 Å². The maximum atomic E-state index is 13.8. The number of para-hydroxylation sites is 1. The van der Waals surface area contributed by atoms with Gasteiger partial charge in [0.2, 0.25) is 5.91 Å². The smallest absolute Gasteiger partial charge is 0.254 e. The summed E-state index contributed by atoms with van der Waals surface area (Å²) in [4.78, 5) is 33.9. The van der Waals surface area contributed by atoms with E-state index in [-0.39, 0.29) is 18.4 Å². The molecule has 0 saturated carbocycles. The number of nitrogens with one attached hydrogen (secondary N) is 1. The van der Waals surface area contributed by atoms with Crippen LogP contribution in [0.25, 0.3) is 10.9 Å². The number of hydrogen-bond acceptors (Lipinski definition) is 5. The number of ether oxygens (including phenoxy) is 3. The number of methoxy groups -OCH3 is 2. The molecule has 0 unspecified atom stereocenters. The number of aromatic amines is 1. The number of carbonyl (C=O) groups excluding carboxylic acids is 2. The highest BCUT2D eigenvalue weighted by atomic mass is 16.5. The Hall–Kier alpha value is -4.30. The molecular formula is C32H37N3O5. The predicted molar refractivity (Wildman–Crippen MR) is 156 cm³/mol. The molecule has 0 fully saturated rings. The van der Waals surface area contributed by atoms with Gasteiger partial charge in [-0.25, -0.2) is 0 Å². The van der Waals surface area contributed by atoms with Crippen molar-refractivity contribution in [2.45, 2.75) is 19.9 Å². The maximum absolute atomic E-state index is 13.8. The maximum Gasteiger partial charge on any atom is 0.254 e. The van der Waals surface area contributed by atoms with Gasteiger partial charge in [-0.05, 0) is 66.9 Å². The highest BCUT2D eigenvalue weighted by molar-refractivity contribution is 5.96. The summed E-state index contributed by atoms with van der Waals surface area (Å²) in [5.41, 5.74) is 3.69. The first-order valence-corrected chi connectivity index (χ1v) is 13.5. The average Bonchev–Trinajstić information content (AvgIpc) is 3.41. The fourth-order valence-corrected chi connectivity index (χ4v) is 4.60. The van der Waals surface area contributed by atoms with Crippen molar-refractivity contribution < 1.29 is 23.8 Å². The van der Waals surface area contributed by atoms with E-state index in [9.17, 15) is 9.59 Å². The number of aromatic nitrogens is 1. The molecule has 0 bridgehead atoms. The van der Waals surface area contributed by atoms with Crippen LogP contribution in [0.15, 0.2) is 79.0 Å². The Bertz CT molecular complexity index is 1380. The highest BCUT2D eigenvalue weighted by Gasteiger charge is 2.23. The lowest BCUT2D eigenvalue weighted by Gasteiger charge is -2.28. The average molecular weight is 544 g/mol.